The van der Waals surface area contributed by atoms with Crippen molar-refractivity contribution in [3.05, 3.63) is 34.1 Å². The summed E-state index contributed by atoms with van der Waals surface area (Å²) in [5.74, 6) is -0.460. The highest BCUT2D eigenvalue weighted by Crippen LogP contribution is 2.19. The molecule has 0 saturated heterocycles. The van der Waals surface area contributed by atoms with Crippen LogP contribution in [0.5, 0.6) is 0 Å². The molecule has 64 valence electrons. The maximum atomic E-state index is 12.9. The summed E-state index contributed by atoms with van der Waals surface area (Å²) in [4.78, 5) is 10.3. The van der Waals surface area contributed by atoms with E-state index in [1.165, 1.54) is 12.1 Å². The lowest BCUT2D eigenvalue weighted by atomic mass is 10.1. The zero-order valence-corrected chi connectivity index (χ0v) is 7.71. The molecule has 0 radical (unpaired) electrons. The first-order valence-corrected chi connectivity index (χ1v) is 4.10. The predicted octanol–water partition coefficient (Wildman–Crippen LogP) is 1.79. The summed E-state index contributed by atoms with van der Waals surface area (Å²) in [5, 5.41) is 0. The monoisotopic (exact) mass is 231 g/mol. The quantitative estimate of drug-likeness (QED) is 0.790. The Labute approximate surface area is 77.7 Å². The Bertz CT molecular complexity index is 303. The van der Waals surface area contributed by atoms with Gasteiger partial charge in [0.05, 0.1) is 6.04 Å². The van der Waals surface area contributed by atoms with E-state index in [1.54, 1.807) is 6.07 Å². The number of aldehydes is 1. The van der Waals surface area contributed by atoms with Crippen molar-refractivity contribution in [2.45, 2.75) is 6.04 Å². The average Bonchev–Trinajstić information content (AvgIpc) is 2.08. The fraction of sp³-hybridized carbons (Fsp3) is 0.125. The molecular formula is C8H7BrFNO. The Morgan fingerprint density at radius 3 is 2.83 bits per heavy atom. The van der Waals surface area contributed by atoms with Gasteiger partial charge in [-0.2, -0.15) is 0 Å². The van der Waals surface area contributed by atoms with Crippen LogP contribution in [-0.2, 0) is 4.79 Å². The zero-order chi connectivity index (χ0) is 9.14. The van der Waals surface area contributed by atoms with E-state index in [1.807, 2.05) is 0 Å². The van der Waals surface area contributed by atoms with Gasteiger partial charge in [-0.05, 0) is 18.2 Å². The predicted molar refractivity (Wildman–Crippen MR) is 47.1 cm³/mol. The zero-order valence-electron chi connectivity index (χ0n) is 6.13. The fourth-order valence-electron chi connectivity index (χ4n) is 0.843. The van der Waals surface area contributed by atoms with Crippen LogP contribution in [0.4, 0.5) is 4.39 Å². The second-order valence-electron chi connectivity index (χ2n) is 2.33. The first kappa shape index (κ1) is 9.35. The largest absolute Gasteiger partial charge is 0.318 e. The molecule has 0 aliphatic carbocycles. The Morgan fingerprint density at radius 1 is 1.58 bits per heavy atom. The Kier molecular flexibility index (Phi) is 2.94. The number of carbonyl (C=O) groups is 1. The van der Waals surface area contributed by atoms with Crippen molar-refractivity contribution in [1.29, 1.82) is 0 Å². The van der Waals surface area contributed by atoms with Gasteiger partial charge < -0.3 is 10.5 Å². The molecule has 1 unspecified atom stereocenters. The van der Waals surface area contributed by atoms with Crippen LogP contribution < -0.4 is 5.73 Å². The molecule has 1 aromatic carbocycles. The van der Waals surface area contributed by atoms with Crippen LogP contribution in [0.1, 0.15) is 11.6 Å². The number of halogens is 2. The molecule has 0 fully saturated rings. The number of carbonyl (C=O) groups excluding carboxylic acids is 1. The fourth-order valence-corrected chi connectivity index (χ4v) is 1.22. The van der Waals surface area contributed by atoms with E-state index >= 15 is 0 Å². The van der Waals surface area contributed by atoms with Crippen LogP contribution >= 0.6 is 15.9 Å². The van der Waals surface area contributed by atoms with E-state index in [2.05, 4.69) is 15.9 Å². The van der Waals surface area contributed by atoms with Crippen molar-refractivity contribution in [1.82, 2.24) is 0 Å². The van der Waals surface area contributed by atoms with Gasteiger partial charge in [-0.3, -0.25) is 0 Å². The van der Waals surface area contributed by atoms with Crippen molar-refractivity contribution in [2.24, 2.45) is 5.73 Å². The number of hydrogen-bond acceptors (Lipinski definition) is 2. The van der Waals surface area contributed by atoms with Gasteiger partial charge in [0.2, 0.25) is 0 Å². The standard InChI is InChI=1S/C8H7BrFNO/c9-5-1-2-7(10)6(3-5)8(11)4-12/h1-4,8H,11H2. The molecule has 12 heavy (non-hydrogen) atoms. The van der Waals surface area contributed by atoms with Gasteiger partial charge in [0, 0.05) is 10.0 Å². The number of hydrogen-bond donors (Lipinski definition) is 1. The number of rotatable bonds is 2. The summed E-state index contributed by atoms with van der Waals surface area (Å²) in [6.45, 7) is 0. The molecule has 1 aromatic rings. The second-order valence-corrected chi connectivity index (χ2v) is 3.24. The molecule has 2 nitrogen and oxygen atoms in total. The van der Waals surface area contributed by atoms with Gasteiger partial charge in [0.25, 0.3) is 0 Å². The van der Waals surface area contributed by atoms with Crippen molar-refractivity contribution in [3.63, 3.8) is 0 Å². The second kappa shape index (κ2) is 3.78. The van der Waals surface area contributed by atoms with Gasteiger partial charge in [-0.25, -0.2) is 4.39 Å². The van der Waals surface area contributed by atoms with Crippen LogP contribution in [0.25, 0.3) is 0 Å². The Hall–Kier alpha value is -0.740. The molecule has 1 atom stereocenters. The maximum Gasteiger partial charge on any atom is 0.141 e. The van der Waals surface area contributed by atoms with E-state index in [9.17, 15) is 9.18 Å². The maximum absolute atomic E-state index is 12.9. The van der Waals surface area contributed by atoms with Crippen LogP contribution in [0.15, 0.2) is 22.7 Å². The van der Waals surface area contributed by atoms with Crippen molar-refractivity contribution in [3.8, 4) is 0 Å². The van der Waals surface area contributed by atoms with Gasteiger partial charge in [0.15, 0.2) is 0 Å². The summed E-state index contributed by atoms with van der Waals surface area (Å²) in [6.07, 6.45) is 0.505. The van der Waals surface area contributed by atoms with Gasteiger partial charge >= 0.3 is 0 Å². The summed E-state index contributed by atoms with van der Waals surface area (Å²) < 4.78 is 13.7. The first-order chi connectivity index (χ1) is 5.65. The molecule has 0 saturated carbocycles. The van der Waals surface area contributed by atoms with Gasteiger partial charge in [-0.15, -0.1) is 0 Å². The van der Waals surface area contributed by atoms with Crippen molar-refractivity contribution in [2.75, 3.05) is 0 Å². The molecule has 4 heteroatoms. The van der Waals surface area contributed by atoms with Crippen molar-refractivity contribution < 1.29 is 9.18 Å². The molecule has 0 aliphatic rings. The Balaban J connectivity index is 3.12. The minimum Gasteiger partial charge on any atom is -0.318 e. The smallest absolute Gasteiger partial charge is 0.141 e. The van der Waals surface area contributed by atoms with Crippen LogP contribution in [0, 0.1) is 5.82 Å². The molecule has 0 aliphatic heterocycles. The lowest BCUT2D eigenvalue weighted by molar-refractivity contribution is -0.109. The third-order valence-corrected chi connectivity index (χ3v) is 1.96. The van der Waals surface area contributed by atoms with Crippen molar-refractivity contribution >= 4 is 22.2 Å². The topological polar surface area (TPSA) is 43.1 Å². The summed E-state index contributed by atoms with van der Waals surface area (Å²) in [5.41, 5.74) is 5.54. The van der Waals surface area contributed by atoms with E-state index in [-0.39, 0.29) is 5.56 Å². The minimum absolute atomic E-state index is 0.208. The minimum atomic E-state index is -0.887. The number of nitrogens with two attached hydrogens (primary N) is 1. The first-order valence-electron chi connectivity index (χ1n) is 3.31. The summed E-state index contributed by atoms with van der Waals surface area (Å²) >= 11 is 3.16. The third kappa shape index (κ3) is 1.89. The molecule has 0 heterocycles. The van der Waals surface area contributed by atoms with Crippen LogP contribution in [0.3, 0.4) is 0 Å². The Morgan fingerprint density at radius 2 is 2.25 bits per heavy atom. The molecule has 2 N–H and O–H groups in total. The molecule has 0 aromatic heterocycles. The summed E-state index contributed by atoms with van der Waals surface area (Å²) in [7, 11) is 0. The molecular weight excluding hydrogens is 225 g/mol. The third-order valence-electron chi connectivity index (χ3n) is 1.46. The van der Waals surface area contributed by atoms with E-state index in [0.29, 0.717) is 10.8 Å². The van der Waals surface area contributed by atoms with Crippen LogP contribution in [-0.4, -0.2) is 6.29 Å². The van der Waals surface area contributed by atoms with Gasteiger partial charge in [0.1, 0.15) is 12.1 Å². The lowest BCUT2D eigenvalue weighted by Crippen LogP contribution is -2.13. The normalized spacial score (nSPS) is 12.6. The molecule has 0 bridgehead atoms. The molecule has 0 spiro atoms. The average molecular weight is 232 g/mol. The highest BCUT2D eigenvalue weighted by Gasteiger charge is 2.09. The van der Waals surface area contributed by atoms with Crippen LogP contribution in [0.2, 0.25) is 0 Å². The highest BCUT2D eigenvalue weighted by molar-refractivity contribution is 9.10. The lowest BCUT2D eigenvalue weighted by Gasteiger charge is -2.05. The SMILES string of the molecule is NC(C=O)c1cc(Br)ccc1F. The molecule has 0 amide bonds. The van der Waals surface area contributed by atoms with E-state index in [4.69, 9.17) is 5.73 Å². The van der Waals surface area contributed by atoms with E-state index < -0.39 is 11.9 Å². The molecule has 1 rings (SSSR count). The van der Waals surface area contributed by atoms with E-state index in [0.717, 1.165) is 0 Å². The highest BCUT2D eigenvalue weighted by atomic mass is 79.9. The number of benzene rings is 1. The van der Waals surface area contributed by atoms with Gasteiger partial charge in [-0.1, -0.05) is 15.9 Å². The summed E-state index contributed by atoms with van der Waals surface area (Å²) in [6, 6.07) is 3.43.